The summed E-state index contributed by atoms with van der Waals surface area (Å²) < 4.78 is 0. The molecule has 3 nitrogen and oxygen atoms in total. The molecule has 2 heterocycles. The number of fused-ring (bicyclic) bond motifs is 1. The summed E-state index contributed by atoms with van der Waals surface area (Å²) in [4.78, 5) is 6.82. The maximum absolute atomic E-state index is 5.53. The third kappa shape index (κ3) is 1.94. The van der Waals surface area contributed by atoms with Crippen molar-refractivity contribution < 1.29 is 0 Å². The van der Waals surface area contributed by atoms with Gasteiger partial charge in [0.2, 0.25) is 0 Å². The molecule has 0 aromatic carbocycles. The molecule has 1 aliphatic rings. The van der Waals surface area contributed by atoms with E-state index >= 15 is 0 Å². The van der Waals surface area contributed by atoms with Gasteiger partial charge in [-0.3, -0.25) is 4.98 Å². The highest BCUT2D eigenvalue weighted by Crippen LogP contribution is 2.16. The summed E-state index contributed by atoms with van der Waals surface area (Å²) in [6.45, 7) is 2.85. The zero-order valence-electron chi connectivity index (χ0n) is 8.66. The molecule has 0 spiro atoms. The number of nitrogens with zero attached hydrogens (tertiary/aromatic N) is 2. The van der Waals surface area contributed by atoms with Gasteiger partial charge in [0.1, 0.15) is 0 Å². The third-order valence-corrected chi connectivity index (χ3v) is 2.72. The Morgan fingerprint density at radius 3 is 3.21 bits per heavy atom. The van der Waals surface area contributed by atoms with Gasteiger partial charge in [-0.25, -0.2) is 0 Å². The number of likely N-dealkylation sites (N-methyl/N-ethyl adjacent to an activating group) is 1. The van der Waals surface area contributed by atoms with E-state index in [2.05, 4.69) is 23.0 Å². The Hall–Kier alpha value is -0.930. The summed E-state index contributed by atoms with van der Waals surface area (Å²) in [5, 5.41) is 0. The minimum Gasteiger partial charge on any atom is -0.330 e. The highest BCUT2D eigenvalue weighted by molar-refractivity contribution is 5.27. The van der Waals surface area contributed by atoms with Crippen molar-refractivity contribution >= 4 is 0 Å². The Balaban J connectivity index is 2.24. The molecule has 0 saturated carbocycles. The largest absolute Gasteiger partial charge is 0.330 e. The molecular formula is C11H17N3. The molecule has 3 heteroatoms. The summed E-state index contributed by atoms with van der Waals surface area (Å²) in [5.74, 6) is 0. The predicted molar refractivity (Wildman–Crippen MR) is 57.0 cm³/mol. The number of hydrogen-bond acceptors (Lipinski definition) is 3. The molecule has 0 amide bonds. The monoisotopic (exact) mass is 191 g/mol. The van der Waals surface area contributed by atoms with Crippen LogP contribution >= 0.6 is 0 Å². The van der Waals surface area contributed by atoms with E-state index in [1.807, 2.05) is 6.20 Å². The highest BCUT2D eigenvalue weighted by atomic mass is 15.1. The van der Waals surface area contributed by atoms with Crippen LogP contribution in [-0.4, -0.2) is 30.0 Å². The van der Waals surface area contributed by atoms with Gasteiger partial charge in [0, 0.05) is 31.4 Å². The molecular weight excluding hydrogens is 174 g/mol. The lowest BCUT2D eigenvalue weighted by Crippen LogP contribution is -2.27. The first-order valence-corrected chi connectivity index (χ1v) is 5.15. The summed E-state index contributed by atoms with van der Waals surface area (Å²) in [7, 11) is 2.15. The van der Waals surface area contributed by atoms with Gasteiger partial charge in [0.05, 0.1) is 0 Å². The standard InChI is InChI=1S/C11H17N3/c1-14-5-3-11-10(8-14)6-9(2-4-12)7-13-11/h6-7H,2-5,8,12H2,1H3. The molecule has 14 heavy (non-hydrogen) atoms. The zero-order chi connectivity index (χ0) is 9.97. The zero-order valence-corrected chi connectivity index (χ0v) is 8.66. The molecule has 0 saturated heterocycles. The van der Waals surface area contributed by atoms with Crippen LogP contribution in [0.4, 0.5) is 0 Å². The Bertz CT molecular complexity index is 322. The molecule has 0 radical (unpaired) electrons. The maximum atomic E-state index is 5.53. The summed E-state index contributed by atoms with van der Waals surface area (Å²) >= 11 is 0. The first kappa shape index (κ1) is 9.62. The van der Waals surface area contributed by atoms with Crippen LogP contribution in [0.5, 0.6) is 0 Å². The van der Waals surface area contributed by atoms with Crippen molar-refractivity contribution in [3.63, 3.8) is 0 Å². The molecule has 0 aliphatic carbocycles. The Kier molecular flexibility index (Phi) is 2.79. The number of pyridine rings is 1. The Morgan fingerprint density at radius 1 is 1.57 bits per heavy atom. The quantitative estimate of drug-likeness (QED) is 0.743. The van der Waals surface area contributed by atoms with E-state index in [-0.39, 0.29) is 0 Å². The fourth-order valence-electron chi connectivity index (χ4n) is 1.92. The van der Waals surface area contributed by atoms with Gasteiger partial charge in [-0.05, 0) is 31.1 Å². The van der Waals surface area contributed by atoms with Crippen LogP contribution in [0.2, 0.25) is 0 Å². The van der Waals surface area contributed by atoms with Gasteiger partial charge in [0.25, 0.3) is 0 Å². The van der Waals surface area contributed by atoms with E-state index in [4.69, 9.17) is 5.73 Å². The van der Waals surface area contributed by atoms with Crippen LogP contribution in [0, 0.1) is 0 Å². The van der Waals surface area contributed by atoms with Crippen molar-refractivity contribution in [2.45, 2.75) is 19.4 Å². The molecule has 0 atom stereocenters. The molecule has 0 fully saturated rings. The Labute approximate surface area is 84.9 Å². The third-order valence-electron chi connectivity index (χ3n) is 2.72. The van der Waals surface area contributed by atoms with Crippen molar-refractivity contribution in [2.24, 2.45) is 5.73 Å². The minimum absolute atomic E-state index is 0.705. The molecule has 0 bridgehead atoms. The molecule has 0 unspecified atom stereocenters. The van der Waals surface area contributed by atoms with E-state index in [1.165, 1.54) is 16.8 Å². The van der Waals surface area contributed by atoms with Crippen LogP contribution in [0.25, 0.3) is 0 Å². The average Bonchev–Trinajstić information content (AvgIpc) is 2.17. The van der Waals surface area contributed by atoms with Crippen LogP contribution in [0.1, 0.15) is 16.8 Å². The molecule has 76 valence electrons. The van der Waals surface area contributed by atoms with Crippen molar-refractivity contribution in [3.05, 3.63) is 29.1 Å². The molecule has 1 aromatic rings. The first-order chi connectivity index (χ1) is 6.79. The number of rotatable bonds is 2. The number of aromatic nitrogens is 1. The van der Waals surface area contributed by atoms with E-state index in [0.717, 1.165) is 25.9 Å². The lowest BCUT2D eigenvalue weighted by atomic mass is 10.0. The van der Waals surface area contributed by atoms with Crippen LogP contribution in [0.15, 0.2) is 12.3 Å². The van der Waals surface area contributed by atoms with Crippen molar-refractivity contribution in [3.8, 4) is 0 Å². The van der Waals surface area contributed by atoms with Crippen LogP contribution in [-0.2, 0) is 19.4 Å². The van der Waals surface area contributed by atoms with E-state index in [1.54, 1.807) is 0 Å². The van der Waals surface area contributed by atoms with Gasteiger partial charge in [-0.15, -0.1) is 0 Å². The van der Waals surface area contributed by atoms with Crippen LogP contribution in [0.3, 0.4) is 0 Å². The summed E-state index contributed by atoms with van der Waals surface area (Å²) in [5.41, 5.74) is 9.44. The average molecular weight is 191 g/mol. The van der Waals surface area contributed by atoms with Crippen molar-refractivity contribution in [2.75, 3.05) is 20.1 Å². The molecule has 2 N–H and O–H groups in total. The Morgan fingerprint density at radius 2 is 2.43 bits per heavy atom. The second-order valence-electron chi connectivity index (χ2n) is 3.98. The second kappa shape index (κ2) is 4.07. The van der Waals surface area contributed by atoms with E-state index in [0.29, 0.717) is 6.54 Å². The smallest absolute Gasteiger partial charge is 0.0461 e. The van der Waals surface area contributed by atoms with Gasteiger partial charge in [-0.1, -0.05) is 6.07 Å². The number of hydrogen-bond donors (Lipinski definition) is 1. The normalized spacial score (nSPS) is 16.7. The highest BCUT2D eigenvalue weighted by Gasteiger charge is 2.14. The van der Waals surface area contributed by atoms with Gasteiger partial charge in [-0.2, -0.15) is 0 Å². The molecule has 1 aliphatic heterocycles. The van der Waals surface area contributed by atoms with Crippen molar-refractivity contribution in [1.82, 2.24) is 9.88 Å². The van der Waals surface area contributed by atoms with E-state index < -0.39 is 0 Å². The lowest BCUT2D eigenvalue weighted by Gasteiger charge is -2.24. The summed E-state index contributed by atoms with van der Waals surface area (Å²) in [6.07, 6.45) is 3.98. The van der Waals surface area contributed by atoms with Crippen LogP contribution < -0.4 is 5.73 Å². The van der Waals surface area contributed by atoms with Gasteiger partial charge >= 0.3 is 0 Å². The van der Waals surface area contributed by atoms with Gasteiger partial charge < -0.3 is 10.6 Å². The maximum Gasteiger partial charge on any atom is 0.0461 e. The number of nitrogens with two attached hydrogens (primary N) is 1. The first-order valence-electron chi connectivity index (χ1n) is 5.15. The molecule has 1 aromatic heterocycles. The fraction of sp³-hybridized carbons (Fsp3) is 0.545. The topological polar surface area (TPSA) is 42.2 Å². The second-order valence-corrected chi connectivity index (χ2v) is 3.98. The fourth-order valence-corrected chi connectivity index (χ4v) is 1.92. The van der Waals surface area contributed by atoms with E-state index in [9.17, 15) is 0 Å². The molecule has 2 rings (SSSR count). The van der Waals surface area contributed by atoms with Crippen molar-refractivity contribution in [1.29, 1.82) is 0 Å². The predicted octanol–water partition coefficient (Wildman–Crippen LogP) is 0.571. The summed E-state index contributed by atoms with van der Waals surface area (Å²) in [6, 6.07) is 2.25. The lowest BCUT2D eigenvalue weighted by molar-refractivity contribution is 0.309. The SMILES string of the molecule is CN1CCc2ncc(CCN)cc2C1. The van der Waals surface area contributed by atoms with Gasteiger partial charge in [0.15, 0.2) is 0 Å². The minimum atomic E-state index is 0.705.